The summed E-state index contributed by atoms with van der Waals surface area (Å²) in [6.45, 7) is 5.37. The Morgan fingerprint density at radius 3 is 2.78 bits per heavy atom. The average Bonchev–Trinajstić information content (AvgIpc) is 3.02. The van der Waals surface area contributed by atoms with Gasteiger partial charge in [0.25, 0.3) is 5.56 Å². The Kier molecular flexibility index (Phi) is 3.77. The highest BCUT2D eigenvalue weighted by Gasteiger charge is 2.21. The Balaban J connectivity index is 1.91. The first-order valence-electron chi connectivity index (χ1n) is 6.93. The van der Waals surface area contributed by atoms with Gasteiger partial charge in [0.05, 0.1) is 23.0 Å². The first-order chi connectivity index (χ1) is 10.9. The fourth-order valence-corrected chi connectivity index (χ4v) is 3.35. The number of carbonyl (C=O) groups excluding carboxylic acids is 1. The van der Waals surface area contributed by atoms with E-state index in [4.69, 9.17) is 9.26 Å². The van der Waals surface area contributed by atoms with E-state index in [2.05, 4.69) is 10.1 Å². The molecule has 0 amide bonds. The van der Waals surface area contributed by atoms with Gasteiger partial charge in [-0.3, -0.25) is 4.79 Å². The summed E-state index contributed by atoms with van der Waals surface area (Å²) in [5, 5.41) is 4.28. The van der Waals surface area contributed by atoms with E-state index in [-0.39, 0.29) is 12.2 Å². The molecule has 0 aliphatic carbocycles. The van der Waals surface area contributed by atoms with Crippen LogP contribution < -0.4 is 5.56 Å². The highest BCUT2D eigenvalue weighted by atomic mass is 32.1. The van der Waals surface area contributed by atoms with Crippen LogP contribution in [0.3, 0.4) is 0 Å². The van der Waals surface area contributed by atoms with E-state index in [0.29, 0.717) is 32.1 Å². The van der Waals surface area contributed by atoms with Gasteiger partial charge in [0.1, 0.15) is 22.1 Å². The molecule has 23 heavy (non-hydrogen) atoms. The van der Waals surface area contributed by atoms with Gasteiger partial charge in [-0.15, -0.1) is 11.3 Å². The zero-order valence-corrected chi connectivity index (χ0v) is 14.0. The number of ether oxygens (including phenoxy) is 1. The Morgan fingerprint density at radius 2 is 2.13 bits per heavy atom. The molecule has 120 valence electrons. The van der Waals surface area contributed by atoms with Crippen molar-refractivity contribution < 1.29 is 14.1 Å². The first-order valence-corrected chi connectivity index (χ1v) is 7.75. The predicted molar refractivity (Wildman–Crippen MR) is 84.7 cm³/mol. The molecule has 3 aromatic rings. The average molecular weight is 333 g/mol. The Morgan fingerprint density at radius 1 is 1.39 bits per heavy atom. The molecule has 0 atom stereocenters. The van der Waals surface area contributed by atoms with Gasteiger partial charge in [0.15, 0.2) is 0 Å². The van der Waals surface area contributed by atoms with E-state index in [1.54, 1.807) is 27.8 Å². The summed E-state index contributed by atoms with van der Waals surface area (Å²) >= 11 is 1.16. The predicted octanol–water partition coefficient (Wildman–Crippen LogP) is 2.27. The van der Waals surface area contributed by atoms with E-state index >= 15 is 0 Å². The van der Waals surface area contributed by atoms with Crippen molar-refractivity contribution >= 4 is 27.5 Å². The van der Waals surface area contributed by atoms with Gasteiger partial charge in [-0.1, -0.05) is 5.16 Å². The van der Waals surface area contributed by atoms with Crippen molar-refractivity contribution in [1.29, 1.82) is 0 Å². The van der Waals surface area contributed by atoms with Gasteiger partial charge in [-0.25, -0.2) is 9.78 Å². The number of fused-ring (bicyclic) bond motifs is 1. The van der Waals surface area contributed by atoms with Crippen LogP contribution in [0, 0.1) is 20.8 Å². The summed E-state index contributed by atoms with van der Waals surface area (Å²) < 4.78 is 11.8. The molecule has 3 aromatic heterocycles. The number of thiophene rings is 1. The number of nitrogens with zero attached hydrogens (tertiary/aromatic N) is 3. The van der Waals surface area contributed by atoms with Crippen LogP contribution in [0.2, 0.25) is 0 Å². The molecule has 0 spiro atoms. The largest absolute Gasteiger partial charge is 0.456 e. The SMILES string of the molecule is Cc1noc(C)c1COC(=O)c1sc2ncn(C)c(=O)c2c1C. The molecule has 0 radical (unpaired) electrons. The van der Waals surface area contributed by atoms with Crippen LogP contribution in [0.5, 0.6) is 0 Å². The molecule has 0 fully saturated rings. The third-order valence-electron chi connectivity index (χ3n) is 3.72. The number of esters is 1. The van der Waals surface area contributed by atoms with Crippen LogP contribution in [-0.4, -0.2) is 20.7 Å². The maximum Gasteiger partial charge on any atom is 0.349 e. The van der Waals surface area contributed by atoms with Crippen molar-refractivity contribution in [3.8, 4) is 0 Å². The van der Waals surface area contributed by atoms with Crippen molar-refractivity contribution in [2.24, 2.45) is 7.05 Å². The minimum atomic E-state index is -0.479. The smallest absolute Gasteiger partial charge is 0.349 e. The van der Waals surface area contributed by atoms with E-state index < -0.39 is 5.97 Å². The van der Waals surface area contributed by atoms with E-state index in [1.165, 1.54) is 10.9 Å². The van der Waals surface area contributed by atoms with Gasteiger partial charge in [-0.2, -0.15) is 0 Å². The molecular formula is C15H15N3O4S. The second-order valence-corrected chi connectivity index (χ2v) is 6.27. The summed E-state index contributed by atoms with van der Waals surface area (Å²) in [5.41, 5.74) is 1.88. The Hall–Kier alpha value is -2.48. The normalized spacial score (nSPS) is 11.1. The molecule has 3 rings (SSSR count). The highest BCUT2D eigenvalue weighted by Crippen LogP contribution is 2.27. The van der Waals surface area contributed by atoms with Crippen molar-refractivity contribution in [1.82, 2.24) is 14.7 Å². The molecule has 7 nitrogen and oxygen atoms in total. The molecule has 0 aliphatic rings. The van der Waals surface area contributed by atoms with Crippen LogP contribution in [0.25, 0.3) is 10.2 Å². The summed E-state index contributed by atoms with van der Waals surface area (Å²) in [4.78, 5) is 29.6. The molecule has 0 aromatic carbocycles. The second kappa shape index (κ2) is 5.62. The van der Waals surface area contributed by atoms with E-state index in [0.717, 1.165) is 16.9 Å². The minimum absolute atomic E-state index is 0.0825. The zero-order chi connectivity index (χ0) is 16.7. The molecule has 0 N–H and O–H groups in total. The summed E-state index contributed by atoms with van der Waals surface area (Å²) in [6, 6.07) is 0. The monoisotopic (exact) mass is 333 g/mol. The van der Waals surface area contributed by atoms with Gasteiger partial charge in [0, 0.05) is 7.05 Å². The number of carbonyl (C=O) groups is 1. The minimum Gasteiger partial charge on any atom is -0.456 e. The second-order valence-electron chi connectivity index (χ2n) is 5.28. The molecular weight excluding hydrogens is 318 g/mol. The lowest BCUT2D eigenvalue weighted by Crippen LogP contribution is -2.16. The number of rotatable bonds is 3. The topological polar surface area (TPSA) is 87.2 Å². The molecule has 3 heterocycles. The van der Waals surface area contributed by atoms with Crippen LogP contribution in [0.15, 0.2) is 15.6 Å². The van der Waals surface area contributed by atoms with Gasteiger partial charge < -0.3 is 13.8 Å². The molecule has 0 unspecified atom stereocenters. The molecule has 0 bridgehead atoms. The van der Waals surface area contributed by atoms with Crippen molar-refractivity contribution in [2.45, 2.75) is 27.4 Å². The molecule has 8 heteroatoms. The zero-order valence-electron chi connectivity index (χ0n) is 13.2. The Labute approximate surface area is 135 Å². The number of aromatic nitrogens is 3. The lowest BCUT2D eigenvalue weighted by atomic mass is 10.2. The lowest BCUT2D eigenvalue weighted by molar-refractivity contribution is 0.0476. The fourth-order valence-electron chi connectivity index (χ4n) is 2.31. The number of hydrogen-bond acceptors (Lipinski definition) is 7. The van der Waals surface area contributed by atoms with Crippen LogP contribution in [-0.2, 0) is 18.4 Å². The van der Waals surface area contributed by atoms with Gasteiger partial charge in [0.2, 0.25) is 0 Å². The van der Waals surface area contributed by atoms with Crippen LogP contribution in [0.1, 0.15) is 32.3 Å². The maximum absolute atomic E-state index is 12.3. The third kappa shape index (κ3) is 2.55. The molecule has 0 saturated carbocycles. The fraction of sp³-hybridized carbons (Fsp3) is 0.333. The van der Waals surface area contributed by atoms with Crippen molar-refractivity contribution in [2.75, 3.05) is 0 Å². The third-order valence-corrected chi connectivity index (χ3v) is 4.90. The summed E-state index contributed by atoms with van der Waals surface area (Å²) in [6.07, 6.45) is 1.44. The summed E-state index contributed by atoms with van der Waals surface area (Å²) in [7, 11) is 1.63. The number of aryl methyl sites for hydroxylation is 4. The summed E-state index contributed by atoms with van der Waals surface area (Å²) in [5.74, 6) is 0.145. The van der Waals surface area contributed by atoms with Gasteiger partial charge in [-0.05, 0) is 26.3 Å². The quantitative estimate of drug-likeness (QED) is 0.683. The Bertz CT molecular complexity index is 948. The molecule has 0 saturated heterocycles. The number of hydrogen-bond donors (Lipinski definition) is 0. The van der Waals surface area contributed by atoms with Crippen LogP contribution in [0.4, 0.5) is 0 Å². The van der Waals surface area contributed by atoms with E-state index in [9.17, 15) is 9.59 Å². The van der Waals surface area contributed by atoms with Gasteiger partial charge >= 0.3 is 5.97 Å². The van der Waals surface area contributed by atoms with Crippen LogP contribution >= 0.6 is 11.3 Å². The van der Waals surface area contributed by atoms with Crippen molar-refractivity contribution in [3.63, 3.8) is 0 Å². The maximum atomic E-state index is 12.3. The highest BCUT2D eigenvalue weighted by molar-refractivity contribution is 7.20. The van der Waals surface area contributed by atoms with E-state index in [1.807, 2.05) is 0 Å². The molecule has 0 aliphatic heterocycles. The first kappa shape index (κ1) is 15.4. The van der Waals surface area contributed by atoms with Crippen molar-refractivity contribution in [3.05, 3.63) is 44.1 Å². The standard InChI is InChI=1S/C15H15N3O4S/c1-7-11-13(16-6-18(4)14(11)19)23-12(7)15(20)21-5-10-8(2)17-22-9(10)3/h6H,5H2,1-4H3. The lowest BCUT2D eigenvalue weighted by Gasteiger charge is -2.03.